The van der Waals surface area contributed by atoms with E-state index >= 15 is 0 Å². The van der Waals surface area contributed by atoms with Crippen molar-refractivity contribution in [3.8, 4) is 16.9 Å². The highest BCUT2D eigenvalue weighted by Crippen LogP contribution is 2.38. The molecule has 3 aromatic rings. The molecule has 0 saturated carbocycles. The highest BCUT2D eigenvalue weighted by Gasteiger charge is 2.15. The second-order valence-electron chi connectivity index (χ2n) is 4.82. The molecule has 0 spiro atoms. The number of ether oxygens (including phenoxy) is 1. The van der Waals surface area contributed by atoms with Crippen molar-refractivity contribution in [1.29, 1.82) is 0 Å². The molecule has 0 aliphatic rings. The molecule has 0 aliphatic carbocycles. The van der Waals surface area contributed by atoms with Crippen molar-refractivity contribution in [3.05, 3.63) is 53.7 Å². The Morgan fingerprint density at radius 1 is 0.947 bits per heavy atom. The number of nitrogens with one attached hydrogen (secondary N) is 1. The monoisotopic (exact) mass is 251 g/mol. The predicted octanol–water partition coefficient (Wildman–Crippen LogP) is 4.46. The van der Waals surface area contributed by atoms with E-state index in [1.807, 2.05) is 12.1 Å². The standard InChI is InChI=1S/C17H17NO/c1-11-7-4-5-8-13(11)16-12(2)18-14-9-6-10-15(19-3)17(14)16/h4-10,18H,1-3H3. The molecule has 0 atom stereocenters. The normalized spacial score (nSPS) is 10.9. The molecule has 0 bridgehead atoms. The van der Waals surface area contributed by atoms with E-state index in [9.17, 15) is 0 Å². The summed E-state index contributed by atoms with van der Waals surface area (Å²) in [5.41, 5.74) is 6.07. The minimum atomic E-state index is 0.917. The van der Waals surface area contributed by atoms with E-state index in [2.05, 4.69) is 49.2 Å². The zero-order valence-corrected chi connectivity index (χ0v) is 11.4. The van der Waals surface area contributed by atoms with Crippen molar-refractivity contribution in [2.24, 2.45) is 0 Å². The first kappa shape index (κ1) is 11.8. The molecule has 2 heteroatoms. The number of benzene rings is 2. The van der Waals surface area contributed by atoms with Gasteiger partial charge < -0.3 is 9.72 Å². The van der Waals surface area contributed by atoms with Crippen molar-refractivity contribution in [1.82, 2.24) is 4.98 Å². The van der Waals surface area contributed by atoms with Crippen LogP contribution >= 0.6 is 0 Å². The van der Waals surface area contributed by atoms with Crippen LogP contribution in [0.15, 0.2) is 42.5 Å². The third-order valence-corrected chi connectivity index (χ3v) is 3.61. The zero-order valence-electron chi connectivity index (χ0n) is 11.4. The van der Waals surface area contributed by atoms with Crippen LogP contribution < -0.4 is 4.74 Å². The van der Waals surface area contributed by atoms with Crippen LogP contribution in [0.2, 0.25) is 0 Å². The lowest BCUT2D eigenvalue weighted by molar-refractivity contribution is 0.420. The number of aromatic amines is 1. The van der Waals surface area contributed by atoms with Gasteiger partial charge in [-0.25, -0.2) is 0 Å². The summed E-state index contributed by atoms with van der Waals surface area (Å²) in [7, 11) is 1.72. The van der Waals surface area contributed by atoms with Crippen LogP contribution in [-0.4, -0.2) is 12.1 Å². The summed E-state index contributed by atoms with van der Waals surface area (Å²) in [6.45, 7) is 4.25. The highest BCUT2D eigenvalue weighted by atomic mass is 16.5. The molecule has 1 N–H and O–H groups in total. The molecule has 0 fully saturated rings. The first-order valence-corrected chi connectivity index (χ1v) is 6.43. The molecule has 0 aliphatic heterocycles. The van der Waals surface area contributed by atoms with Gasteiger partial charge in [-0.15, -0.1) is 0 Å². The summed E-state index contributed by atoms with van der Waals surface area (Å²) in [6, 6.07) is 14.6. The lowest BCUT2D eigenvalue weighted by atomic mass is 9.97. The summed E-state index contributed by atoms with van der Waals surface area (Å²) in [4.78, 5) is 3.45. The lowest BCUT2D eigenvalue weighted by Gasteiger charge is -2.08. The van der Waals surface area contributed by atoms with Crippen LogP contribution in [0.1, 0.15) is 11.3 Å². The second-order valence-corrected chi connectivity index (χ2v) is 4.82. The minimum Gasteiger partial charge on any atom is -0.496 e. The predicted molar refractivity (Wildman–Crippen MR) is 79.8 cm³/mol. The fourth-order valence-electron chi connectivity index (χ4n) is 2.71. The Bertz CT molecular complexity index is 740. The molecule has 96 valence electrons. The van der Waals surface area contributed by atoms with Gasteiger partial charge >= 0.3 is 0 Å². The number of aryl methyl sites for hydroxylation is 2. The molecular weight excluding hydrogens is 234 g/mol. The van der Waals surface area contributed by atoms with Gasteiger partial charge in [-0.1, -0.05) is 30.3 Å². The smallest absolute Gasteiger partial charge is 0.128 e. The van der Waals surface area contributed by atoms with Gasteiger partial charge in [-0.3, -0.25) is 0 Å². The maximum absolute atomic E-state index is 5.52. The summed E-state index contributed by atoms with van der Waals surface area (Å²) in [5.74, 6) is 0.917. The van der Waals surface area contributed by atoms with Gasteiger partial charge in [0, 0.05) is 22.2 Å². The maximum Gasteiger partial charge on any atom is 0.128 e. The molecule has 0 amide bonds. The lowest BCUT2D eigenvalue weighted by Crippen LogP contribution is -1.87. The highest BCUT2D eigenvalue weighted by molar-refractivity contribution is 6.02. The van der Waals surface area contributed by atoms with E-state index in [-0.39, 0.29) is 0 Å². The molecule has 0 saturated heterocycles. The molecule has 3 rings (SSSR count). The van der Waals surface area contributed by atoms with Crippen LogP contribution in [0.5, 0.6) is 5.75 Å². The Kier molecular flexibility index (Phi) is 2.79. The largest absolute Gasteiger partial charge is 0.496 e. The summed E-state index contributed by atoms with van der Waals surface area (Å²) >= 11 is 0. The fraction of sp³-hybridized carbons (Fsp3) is 0.176. The first-order valence-electron chi connectivity index (χ1n) is 6.43. The van der Waals surface area contributed by atoms with Crippen LogP contribution in [0, 0.1) is 13.8 Å². The minimum absolute atomic E-state index is 0.917. The van der Waals surface area contributed by atoms with Gasteiger partial charge in [0.05, 0.1) is 7.11 Å². The summed E-state index contributed by atoms with van der Waals surface area (Å²) < 4.78 is 5.52. The van der Waals surface area contributed by atoms with Crippen LogP contribution in [0.25, 0.3) is 22.0 Å². The fourth-order valence-corrected chi connectivity index (χ4v) is 2.71. The van der Waals surface area contributed by atoms with Gasteiger partial charge in [0.25, 0.3) is 0 Å². The number of aromatic nitrogens is 1. The first-order chi connectivity index (χ1) is 9.22. The van der Waals surface area contributed by atoms with Crippen LogP contribution in [-0.2, 0) is 0 Å². The average Bonchev–Trinajstić information content (AvgIpc) is 2.75. The van der Waals surface area contributed by atoms with Crippen molar-refractivity contribution in [2.45, 2.75) is 13.8 Å². The van der Waals surface area contributed by atoms with Gasteiger partial charge in [0.1, 0.15) is 5.75 Å². The third kappa shape index (κ3) is 1.80. The third-order valence-electron chi connectivity index (χ3n) is 3.61. The van der Waals surface area contributed by atoms with E-state index in [1.54, 1.807) is 7.11 Å². The Hall–Kier alpha value is -2.22. The Morgan fingerprint density at radius 3 is 2.47 bits per heavy atom. The molecule has 0 radical (unpaired) electrons. The van der Waals surface area contributed by atoms with Crippen LogP contribution in [0.3, 0.4) is 0 Å². The number of H-pyrrole nitrogens is 1. The van der Waals surface area contributed by atoms with Gasteiger partial charge in [-0.05, 0) is 37.1 Å². The van der Waals surface area contributed by atoms with E-state index in [1.165, 1.54) is 22.4 Å². The van der Waals surface area contributed by atoms with Crippen LogP contribution in [0.4, 0.5) is 0 Å². The molecule has 2 aromatic carbocycles. The molecule has 1 heterocycles. The number of fused-ring (bicyclic) bond motifs is 1. The van der Waals surface area contributed by atoms with Crippen molar-refractivity contribution < 1.29 is 4.74 Å². The number of rotatable bonds is 2. The molecule has 0 unspecified atom stereocenters. The van der Waals surface area contributed by atoms with Crippen molar-refractivity contribution in [3.63, 3.8) is 0 Å². The van der Waals surface area contributed by atoms with E-state index < -0.39 is 0 Å². The molecule has 19 heavy (non-hydrogen) atoms. The maximum atomic E-state index is 5.52. The van der Waals surface area contributed by atoms with E-state index in [0.717, 1.165) is 16.7 Å². The summed E-state index contributed by atoms with van der Waals surface area (Å²) in [6.07, 6.45) is 0. The van der Waals surface area contributed by atoms with Crippen molar-refractivity contribution >= 4 is 10.9 Å². The topological polar surface area (TPSA) is 25.0 Å². The number of hydrogen-bond donors (Lipinski definition) is 1. The van der Waals surface area contributed by atoms with Gasteiger partial charge in [0.15, 0.2) is 0 Å². The average molecular weight is 251 g/mol. The SMILES string of the molecule is COc1cccc2[nH]c(C)c(-c3ccccc3C)c12. The molecule has 1 aromatic heterocycles. The molecule has 2 nitrogen and oxygen atoms in total. The van der Waals surface area contributed by atoms with E-state index in [0.29, 0.717) is 0 Å². The number of hydrogen-bond acceptors (Lipinski definition) is 1. The number of methoxy groups -OCH3 is 1. The zero-order chi connectivity index (χ0) is 13.4. The van der Waals surface area contributed by atoms with Gasteiger partial charge in [-0.2, -0.15) is 0 Å². The van der Waals surface area contributed by atoms with Gasteiger partial charge in [0.2, 0.25) is 0 Å². The van der Waals surface area contributed by atoms with Crippen molar-refractivity contribution in [2.75, 3.05) is 7.11 Å². The Labute approximate surface area is 113 Å². The second kappa shape index (κ2) is 4.47. The van der Waals surface area contributed by atoms with E-state index in [4.69, 9.17) is 4.74 Å². The summed E-state index contributed by atoms with van der Waals surface area (Å²) in [5, 5.41) is 1.16. The Balaban J connectivity index is 2.41. The quantitative estimate of drug-likeness (QED) is 0.714. The Morgan fingerprint density at radius 2 is 1.74 bits per heavy atom. The molecular formula is C17H17NO.